The van der Waals surface area contributed by atoms with Gasteiger partial charge in [0.25, 0.3) is 0 Å². The van der Waals surface area contributed by atoms with Crippen molar-refractivity contribution < 1.29 is 0 Å². The monoisotopic (exact) mass is 247 g/mol. The Hall–Kier alpha value is -0.470. The highest BCUT2D eigenvalue weighted by molar-refractivity contribution is 7.99. The highest BCUT2D eigenvalue weighted by atomic mass is 32.2. The van der Waals surface area contributed by atoms with Gasteiger partial charge in [0, 0.05) is 6.04 Å². The van der Waals surface area contributed by atoms with Gasteiger partial charge < -0.3 is 5.32 Å². The van der Waals surface area contributed by atoms with Crippen LogP contribution in [0.25, 0.3) is 0 Å². The van der Waals surface area contributed by atoms with E-state index in [-0.39, 0.29) is 0 Å². The minimum atomic E-state index is 0.618. The molecule has 2 fully saturated rings. The first-order valence-electron chi connectivity index (χ1n) is 6.84. The molecule has 0 spiro atoms. The molecule has 1 aromatic rings. The second kappa shape index (κ2) is 5.45. The molecule has 3 rings (SSSR count). The molecule has 0 aliphatic carbocycles. The maximum absolute atomic E-state index is 3.60. The van der Waals surface area contributed by atoms with Gasteiger partial charge in [0.2, 0.25) is 0 Å². The van der Waals surface area contributed by atoms with Crippen LogP contribution >= 0.6 is 11.8 Å². The third-order valence-corrected chi connectivity index (χ3v) is 5.11. The molecule has 0 saturated carbocycles. The van der Waals surface area contributed by atoms with Crippen molar-refractivity contribution in [2.45, 2.75) is 37.6 Å². The van der Waals surface area contributed by atoms with E-state index in [4.69, 9.17) is 0 Å². The molecule has 0 aromatic heterocycles. The zero-order valence-electron chi connectivity index (χ0n) is 10.3. The number of hydrogen-bond donors (Lipinski definition) is 1. The Balaban J connectivity index is 1.77. The summed E-state index contributed by atoms with van der Waals surface area (Å²) in [7, 11) is 0. The summed E-state index contributed by atoms with van der Waals surface area (Å²) >= 11 is 2.11. The van der Waals surface area contributed by atoms with Crippen molar-refractivity contribution in [3.05, 3.63) is 35.4 Å². The van der Waals surface area contributed by atoms with Gasteiger partial charge in [-0.2, -0.15) is 11.8 Å². The normalized spacial score (nSPS) is 26.2. The second-order valence-corrected chi connectivity index (χ2v) is 6.43. The van der Waals surface area contributed by atoms with Crippen molar-refractivity contribution in [3.63, 3.8) is 0 Å². The molecule has 2 heterocycles. The van der Waals surface area contributed by atoms with E-state index < -0.39 is 0 Å². The van der Waals surface area contributed by atoms with Crippen LogP contribution in [0.2, 0.25) is 0 Å². The summed E-state index contributed by atoms with van der Waals surface area (Å²) in [6, 6.07) is 9.96. The van der Waals surface area contributed by atoms with Gasteiger partial charge in [0.1, 0.15) is 0 Å². The molecular formula is C15H21NS. The summed E-state index contributed by atoms with van der Waals surface area (Å²) in [5.74, 6) is 3.50. The van der Waals surface area contributed by atoms with Gasteiger partial charge in [0.05, 0.1) is 0 Å². The van der Waals surface area contributed by atoms with Crippen LogP contribution in [0.4, 0.5) is 0 Å². The second-order valence-electron chi connectivity index (χ2n) is 5.21. The number of rotatable bonds is 2. The van der Waals surface area contributed by atoms with Crippen LogP contribution in [0.5, 0.6) is 0 Å². The Morgan fingerprint density at radius 3 is 2.65 bits per heavy atom. The van der Waals surface area contributed by atoms with Gasteiger partial charge in [-0.1, -0.05) is 24.3 Å². The summed E-state index contributed by atoms with van der Waals surface area (Å²) < 4.78 is 0. The van der Waals surface area contributed by atoms with Crippen molar-refractivity contribution in [2.24, 2.45) is 0 Å². The molecule has 0 radical (unpaired) electrons. The lowest BCUT2D eigenvalue weighted by atomic mass is 9.91. The third kappa shape index (κ3) is 2.69. The number of nitrogens with one attached hydrogen (secondary N) is 1. The Kier molecular flexibility index (Phi) is 3.72. The largest absolute Gasteiger partial charge is 0.310 e. The van der Waals surface area contributed by atoms with Crippen LogP contribution in [-0.4, -0.2) is 18.1 Å². The fourth-order valence-electron chi connectivity index (χ4n) is 3.03. The first-order chi connectivity index (χ1) is 8.43. The van der Waals surface area contributed by atoms with E-state index >= 15 is 0 Å². The maximum Gasteiger partial charge on any atom is 0.0320 e. The van der Waals surface area contributed by atoms with E-state index in [0.29, 0.717) is 6.04 Å². The van der Waals surface area contributed by atoms with E-state index in [1.807, 2.05) is 0 Å². The molecule has 1 aromatic carbocycles. The molecule has 2 aliphatic rings. The average molecular weight is 247 g/mol. The smallest absolute Gasteiger partial charge is 0.0320 e. The topological polar surface area (TPSA) is 12.0 Å². The minimum Gasteiger partial charge on any atom is -0.310 e. The van der Waals surface area contributed by atoms with Crippen LogP contribution in [0.15, 0.2) is 24.3 Å². The lowest BCUT2D eigenvalue weighted by Gasteiger charge is -2.23. The molecule has 1 atom stereocenters. The number of benzene rings is 1. The molecule has 2 saturated heterocycles. The molecular weight excluding hydrogens is 226 g/mol. The van der Waals surface area contributed by atoms with Crippen molar-refractivity contribution in [1.82, 2.24) is 5.32 Å². The fourth-order valence-corrected chi connectivity index (χ4v) is 4.14. The molecule has 1 unspecified atom stereocenters. The summed E-state index contributed by atoms with van der Waals surface area (Å²) in [4.78, 5) is 0. The maximum atomic E-state index is 3.60. The molecule has 17 heavy (non-hydrogen) atoms. The molecule has 2 heteroatoms. The highest BCUT2D eigenvalue weighted by Gasteiger charge is 2.19. The van der Waals surface area contributed by atoms with Crippen molar-refractivity contribution in [3.8, 4) is 0 Å². The van der Waals surface area contributed by atoms with Gasteiger partial charge in [-0.25, -0.2) is 0 Å². The van der Waals surface area contributed by atoms with E-state index in [9.17, 15) is 0 Å². The molecule has 0 bridgehead atoms. The van der Waals surface area contributed by atoms with Gasteiger partial charge >= 0.3 is 0 Å². The standard InChI is InChI=1S/C15H21NS/c1-3-13(12-6-9-17-10-7-12)11-14(4-1)15-5-2-8-16-15/h1,3-4,11-12,15-16H,2,5-10H2. The summed E-state index contributed by atoms with van der Waals surface area (Å²) in [6.45, 7) is 1.19. The predicted molar refractivity (Wildman–Crippen MR) is 75.7 cm³/mol. The van der Waals surface area contributed by atoms with Crippen molar-refractivity contribution in [1.29, 1.82) is 0 Å². The first kappa shape index (κ1) is 11.6. The Bertz CT molecular complexity index is 365. The van der Waals surface area contributed by atoms with E-state index in [1.165, 1.54) is 49.3 Å². The summed E-state index contributed by atoms with van der Waals surface area (Å²) in [6.07, 6.45) is 5.37. The fraction of sp³-hybridized carbons (Fsp3) is 0.600. The lowest BCUT2D eigenvalue weighted by Crippen LogP contribution is -2.14. The summed E-state index contributed by atoms with van der Waals surface area (Å²) in [5, 5.41) is 3.60. The van der Waals surface area contributed by atoms with Gasteiger partial charge in [-0.3, -0.25) is 0 Å². The molecule has 0 amide bonds. The number of thioether (sulfide) groups is 1. The SMILES string of the molecule is c1cc(C2CCSCC2)cc(C2CCCN2)c1. The molecule has 2 aliphatic heterocycles. The highest BCUT2D eigenvalue weighted by Crippen LogP contribution is 2.33. The quantitative estimate of drug-likeness (QED) is 0.855. The van der Waals surface area contributed by atoms with Crippen molar-refractivity contribution in [2.75, 3.05) is 18.1 Å². The van der Waals surface area contributed by atoms with Crippen LogP contribution in [0.1, 0.15) is 48.8 Å². The first-order valence-corrected chi connectivity index (χ1v) is 8.00. The zero-order chi connectivity index (χ0) is 11.5. The van der Waals surface area contributed by atoms with Gasteiger partial charge in [-0.05, 0) is 60.8 Å². The van der Waals surface area contributed by atoms with Crippen LogP contribution in [0, 0.1) is 0 Å². The number of hydrogen-bond acceptors (Lipinski definition) is 2. The van der Waals surface area contributed by atoms with E-state index in [1.54, 1.807) is 5.56 Å². The van der Waals surface area contributed by atoms with E-state index in [0.717, 1.165) is 5.92 Å². The van der Waals surface area contributed by atoms with E-state index in [2.05, 4.69) is 41.3 Å². The van der Waals surface area contributed by atoms with Crippen molar-refractivity contribution >= 4 is 11.8 Å². The Morgan fingerprint density at radius 1 is 1.06 bits per heavy atom. The Labute approximate surface area is 108 Å². The average Bonchev–Trinajstić information content (AvgIpc) is 2.94. The zero-order valence-corrected chi connectivity index (χ0v) is 11.1. The van der Waals surface area contributed by atoms with Gasteiger partial charge in [-0.15, -0.1) is 0 Å². The third-order valence-electron chi connectivity index (χ3n) is 4.07. The van der Waals surface area contributed by atoms with Crippen LogP contribution in [0.3, 0.4) is 0 Å². The molecule has 1 nitrogen and oxygen atoms in total. The minimum absolute atomic E-state index is 0.618. The van der Waals surface area contributed by atoms with Gasteiger partial charge in [0.15, 0.2) is 0 Å². The summed E-state index contributed by atoms with van der Waals surface area (Å²) in [5.41, 5.74) is 3.09. The lowest BCUT2D eigenvalue weighted by molar-refractivity contribution is 0.623. The van der Waals surface area contributed by atoms with Crippen LogP contribution in [-0.2, 0) is 0 Å². The molecule has 92 valence electrons. The molecule has 1 N–H and O–H groups in total. The Morgan fingerprint density at radius 2 is 1.88 bits per heavy atom. The van der Waals surface area contributed by atoms with Crippen LogP contribution < -0.4 is 5.32 Å². The predicted octanol–water partition coefficient (Wildman–Crippen LogP) is 3.72.